The molecular formula is C20H21ClF2N4O4S. The quantitative estimate of drug-likeness (QED) is 0.622. The lowest BCUT2D eigenvalue weighted by Crippen LogP contribution is -2.41. The maximum Gasteiger partial charge on any atom is 0.341 e. The number of benzene rings is 1. The number of hydrogen-bond donors (Lipinski definition) is 2. The fourth-order valence-electron chi connectivity index (χ4n) is 3.27. The fourth-order valence-corrected chi connectivity index (χ4v) is 4.10. The molecule has 1 aromatic heterocycles. The van der Waals surface area contributed by atoms with Crippen molar-refractivity contribution in [2.24, 2.45) is 5.92 Å². The van der Waals surface area contributed by atoms with Crippen LogP contribution in [0.2, 0.25) is 5.02 Å². The van der Waals surface area contributed by atoms with E-state index in [1.807, 2.05) is 4.90 Å². The molecular weight excluding hydrogens is 466 g/mol. The first-order valence-electron chi connectivity index (χ1n) is 9.72. The summed E-state index contributed by atoms with van der Waals surface area (Å²) in [5.41, 5.74) is 0.299. The molecule has 32 heavy (non-hydrogen) atoms. The summed E-state index contributed by atoms with van der Waals surface area (Å²) >= 11 is 5.78. The molecule has 0 atom stereocenters. The van der Waals surface area contributed by atoms with Gasteiger partial charge in [0.1, 0.15) is 5.82 Å². The first-order valence-corrected chi connectivity index (χ1v) is 11.6. The number of likely N-dealkylation sites (tertiary alicyclic amines) is 1. The van der Waals surface area contributed by atoms with E-state index in [2.05, 4.69) is 15.6 Å². The van der Waals surface area contributed by atoms with E-state index in [4.69, 9.17) is 11.6 Å². The summed E-state index contributed by atoms with van der Waals surface area (Å²) in [7, 11) is -4.68. The Morgan fingerprint density at radius 3 is 2.31 bits per heavy atom. The van der Waals surface area contributed by atoms with Crippen LogP contribution in [0, 0.1) is 5.92 Å². The molecule has 1 aromatic carbocycles. The van der Waals surface area contributed by atoms with E-state index in [-0.39, 0.29) is 24.3 Å². The molecule has 2 heterocycles. The average molecular weight is 487 g/mol. The summed E-state index contributed by atoms with van der Waals surface area (Å²) in [6.07, 6.45) is 2.60. The van der Waals surface area contributed by atoms with Gasteiger partial charge in [-0.3, -0.25) is 14.5 Å². The van der Waals surface area contributed by atoms with Crippen LogP contribution in [0.25, 0.3) is 0 Å². The van der Waals surface area contributed by atoms with Crippen LogP contribution in [0.5, 0.6) is 0 Å². The van der Waals surface area contributed by atoms with Crippen LogP contribution >= 0.6 is 11.6 Å². The molecule has 1 aliphatic rings. The Labute approximate surface area is 188 Å². The van der Waals surface area contributed by atoms with Crippen molar-refractivity contribution < 1.29 is 26.8 Å². The molecule has 2 aromatic rings. The SMILES string of the molecule is O=C(CN1CCC(C(=O)Nc2ccc(Cl)cn2)CC1)Nc1ccc(S(=O)(=O)C(F)F)cc1. The predicted molar refractivity (Wildman–Crippen MR) is 115 cm³/mol. The van der Waals surface area contributed by atoms with E-state index in [1.54, 1.807) is 12.1 Å². The average Bonchev–Trinajstić information content (AvgIpc) is 2.76. The summed E-state index contributed by atoms with van der Waals surface area (Å²) < 4.78 is 48.0. The van der Waals surface area contributed by atoms with Crippen LogP contribution in [0.1, 0.15) is 12.8 Å². The maximum atomic E-state index is 12.6. The Morgan fingerprint density at radius 1 is 1.09 bits per heavy atom. The number of pyridine rings is 1. The molecule has 1 aliphatic heterocycles. The molecule has 0 saturated carbocycles. The zero-order chi connectivity index (χ0) is 23.3. The number of sulfone groups is 1. The molecule has 172 valence electrons. The van der Waals surface area contributed by atoms with Crippen LogP contribution in [-0.2, 0) is 19.4 Å². The maximum absolute atomic E-state index is 12.6. The van der Waals surface area contributed by atoms with Crippen molar-refractivity contribution in [2.75, 3.05) is 30.3 Å². The van der Waals surface area contributed by atoms with Crippen molar-refractivity contribution in [3.05, 3.63) is 47.6 Å². The highest BCUT2D eigenvalue weighted by Gasteiger charge is 2.27. The third kappa shape index (κ3) is 6.21. The highest BCUT2D eigenvalue weighted by molar-refractivity contribution is 7.91. The number of nitrogens with one attached hydrogen (secondary N) is 2. The van der Waals surface area contributed by atoms with Crippen molar-refractivity contribution in [1.29, 1.82) is 0 Å². The number of rotatable bonds is 7. The number of aromatic nitrogens is 1. The third-order valence-corrected chi connectivity index (χ3v) is 6.63. The topological polar surface area (TPSA) is 108 Å². The second-order valence-corrected chi connectivity index (χ2v) is 9.63. The minimum Gasteiger partial charge on any atom is -0.325 e. The molecule has 1 saturated heterocycles. The first-order chi connectivity index (χ1) is 15.1. The van der Waals surface area contributed by atoms with Crippen molar-refractivity contribution in [2.45, 2.75) is 23.5 Å². The molecule has 0 radical (unpaired) electrons. The molecule has 1 fully saturated rings. The number of nitrogens with zero attached hydrogens (tertiary/aromatic N) is 2. The lowest BCUT2D eigenvalue weighted by atomic mass is 9.96. The summed E-state index contributed by atoms with van der Waals surface area (Å²) in [6, 6.07) is 7.82. The minimum absolute atomic E-state index is 0.0875. The van der Waals surface area contributed by atoms with Crippen LogP contribution < -0.4 is 10.6 Å². The Hall–Kier alpha value is -2.63. The van der Waals surface area contributed by atoms with Gasteiger partial charge in [0, 0.05) is 17.8 Å². The van der Waals surface area contributed by atoms with Gasteiger partial charge in [-0.2, -0.15) is 8.78 Å². The first kappa shape index (κ1) is 24.0. The van der Waals surface area contributed by atoms with Gasteiger partial charge < -0.3 is 10.6 Å². The van der Waals surface area contributed by atoms with Crippen LogP contribution in [-0.4, -0.2) is 55.5 Å². The molecule has 2 amide bonds. The van der Waals surface area contributed by atoms with E-state index in [1.165, 1.54) is 18.3 Å². The lowest BCUT2D eigenvalue weighted by molar-refractivity contribution is -0.121. The van der Waals surface area contributed by atoms with Gasteiger partial charge in [0.05, 0.1) is 16.5 Å². The van der Waals surface area contributed by atoms with Gasteiger partial charge in [0.15, 0.2) is 0 Å². The minimum atomic E-state index is -4.68. The molecule has 0 aliphatic carbocycles. The largest absolute Gasteiger partial charge is 0.341 e. The summed E-state index contributed by atoms with van der Waals surface area (Å²) in [5.74, 6) is -3.74. The van der Waals surface area contributed by atoms with Gasteiger partial charge in [0.25, 0.3) is 0 Å². The number of amides is 2. The highest BCUT2D eigenvalue weighted by Crippen LogP contribution is 2.21. The molecule has 2 N–H and O–H groups in total. The van der Waals surface area contributed by atoms with E-state index in [0.717, 1.165) is 12.1 Å². The monoisotopic (exact) mass is 486 g/mol. The Bertz CT molecular complexity index is 1060. The van der Waals surface area contributed by atoms with E-state index in [9.17, 15) is 26.8 Å². The molecule has 3 rings (SSSR count). The number of carbonyl (C=O) groups is 2. The molecule has 0 spiro atoms. The van der Waals surface area contributed by atoms with Gasteiger partial charge in [-0.05, 0) is 62.3 Å². The number of anilines is 2. The standard InChI is InChI=1S/C20H21ClF2N4O4S/c21-14-1-6-17(24-11-14)26-19(29)13-7-9-27(10-8-13)12-18(28)25-15-2-4-16(5-3-15)32(30,31)20(22)23/h1-6,11,13,20H,7-10,12H2,(H,25,28)(H,24,26,29). The van der Waals surface area contributed by atoms with Gasteiger partial charge >= 0.3 is 5.76 Å². The van der Waals surface area contributed by atoms with E-state index < -0.39 is 20.5 Å². The van der Waals surface area contributed by atoms with E-state index in [0.29, 0.717) is 42.5 Å². The second-order valence-electron chi connectivity index (χ2n) is 7.28. The van der Waals surface area contributed by atoms with Gasteiger partial charge in [-0.15, -0.1) is 0 Å². The third-order valence-electron chi connectivity index (χ3n) is 5.01. The summed E-state index contributed by atoms with van der Waals surface area (Å²) in [4.78, 5) is 30.1. The van der Waals surface area contributed by atoms with Gasteiger partial charge in [-0.1, -0.05) is 11.6 Å². The zero-order valence-corrected chi connectivity index (χ0v) is 18.4. The number of halogens is 3. The Balaban J connectivity index is 1.45. The van der Waals surface area contributed by atoms with Crippen molar-refractivity contribution in [3.8, 4) is 0 Å². The van der Waals surface area contributed by atoms with Gasteiger partial charge in [-0.25, -0.2) is 13.4 Å². The summed E-state index contributed by atoms with van der Waals surface area (Å²) in [6.45, 7) is 1.18. The highest BCUT2D eigenvalue weighted by atomic mass is 35.5. The van der Waals surface area contributed by atoms with Gasteiger partial charge in [0.2, 0.25) is 21.7 Å². The smallest absolute Gasteiger partial charge is 0.325 e. The second kappa shape index (κ2) is 10.3. The van der Waals surface area contributed by atoms with Crippen molar-refractivity contribution in [1.82, 2.24) is 9.88 Å². The van der Waals surface area contributed by atoms with Crippen LogP contribution in [0.4, 0.5) is 20.3 Å². The number of carbonyl (C=O) groups excluding carboxylic acids is 2. The molecule has 12 heteroatoms. The van der Waals surface area contributed by atoms with Crippen LogP contribution in [0.3, 0.4) is 0 Å². The number of hydrogen-bond acceptors (Lipinski definition) is 6. The molecule has 8 nitrogen and oxygen atoms in total. The van der Waals surface area contributed by atoms with Crippen molar-refractivity contribution >= 4 is 44.8 Å². The predicted octanol–water partition coefficient (Wildman–Crippen LogP) is 3.02. The van der Waals surface area contributed by atoms with Crippen LogP contribution in [0.15, 0.2) is 47.5 Å². The Kier molecular flexibility index (Phi) is 7.75. The van der Waals surface area contributed by atoms with Crippen molar-refractivity contribution in [3.63, 3.8) is 0 Å². The van der Waals surface area contributed by atoms with E-state index >= 15 is 0 Å². The lowest BCUT2D eigenvalue weighted by Gasteiger charge is -2.30. The fraction of sp³-hybridized carbons (Fsp3) is 0.350. The number of alkyl halides is 2. The molecule has 0 unspecified atom stereocenters. The Morgan fingerprint density at radius 2 is 1.75 bits per heavy atom. The number of piperidine rings is 1. The zero-order valence-electron chi connectivity index (χ0n) is 16.8. The normalized spacial score (nSPS) is 15.5. The summed E-state index contributed by atoms with van der Waals surface area (Å²) in [5, 5.41) is 5.84. The molecule has 0 bridgehead atoms.